The Hall–Kier alpha value is -1.30. The molecule has 1 aromatic heterocycles. The number of hydrogen-bond acceptors (Lipinski definition) is 4. The molecular weight excluding hydrogens is 272 g/mol. The van der Waals surface area contributed by atoms with E-state index in [0.29, 0.717) is 11.7 Å². The molecule has 4 nitrogen and oxygen atoms in total. The summed E-state index contributed by atoms with van der Waals surface area (Å²) in [7, 11) is 0. The number of aliphatic hydroxyl groups is 2. The quantitative estimate of drug-likeness (QED) is 0.803. The van der Waals surface area contributed by atoms with Crippen molar-refractivity contribution in [3.05, 3.63) is 42.2 Å². The lowest BCUT2D eigenvalue weighted by molar-refractivity contribution is 0.113. The molecule has 1 aromatic carbocycles. The van der Waals surface area contributed by atoms with Crippen molar-refractivity contribution < 1.29 is 10.2 Å². The van der Waals surface area contributed by atoms with Crippen LogP contribution in [-0.4, -0.2) is 38.2 Å². The van der Waals surface area contributed by atoms with Crippen molar-refractivity contribution >= 4 is 11.8 Å². The Morgan fingerprint density at radius 3 is 2.55 bits per heavy atom. The van der Waals surface area contributed by atoms with Gasteiger partial charge in [-0.25, -0.2) is 4.98 Å². The number of rotatable bonds is 6. The number of benzene rings is 1. The molecule has 0 aliphatic carbocycles. The summed E-state index contributed by atoms with van der Waals surface area (Å²) in [5, 5.41) is 19.1. The molecule has 0 aliphatic heterocycles. The molecule has 108 valence electrons. The molecule has 0 bridgehead atoms. The molecule has 20 heavy (non-hydrogen) atoms. The monoisotopic (exact) mass is 292 g/mol. The fraction of sp³-hybridized carbons (Fsp3) is 0.400. The maximum atomic E-state index is 9.41. The Morgan fingerprint density at radius 1 is 1.25 bits per heavy atom. The first kappa shape index (κ1) is 15.1. The van der Waals surface area contributed by atoms with Crippen LogP contribution in [0.15, 0.2) is 41.8 Å². The van der Waals surface area contributed by atoms with Crippen LogP contribution in [0.3, 0.4) is 0 Å². The fourth-order valence-corrected chi connectivity index (χ4v) is 2.72. The normalized spacial score (nSPS) is 12.8. The van der Waals surface area contributed by atoms with Gasteiger partial charge in [0.05, 0.1) is 12.7 Å². The number of thioether (sulfide) groups is 1. The largest absolute Gasteiger partial charge is 0.394 e. The molecule has 0 saturated carbocycles. The molecule has 0 fully saturated rings. The third-order valence-electron chi connectivity index (χ3n) is 3.06. The van der Waals surface area contributed by atoms with E-state index in [2.05, 4.69) is 43.1 Å². The zero-order valence-electron chi connectivity index (χ0n) is 11.7. The second-order valence-electron chi connectivity index (χ2n) is 4.97. The van der Waals surface area contributed by atoms with Crippen LogP contribution in [0.5, 0.6) is 0 Å². The topological polar surface area (TPSA) is 58.3 Å². The van der Waals surface area contributed by atoms with Gasteiger partial charge in [0, 0.05) is 23.8 Å². The Morgan fingerprint density at radius 2 is 1.95 bits per heavy atom. The first-order valence-electron chi connectivity index (χ1n) is 6.67. The van der Waals surface area contributed by atoms with Gasteiger partial charge in [-0.3, -0.25) is 4.57 Å². The number of imidazole rings is 1. The minimum absolute atomic E-state index is 0.225. The van der Waals surface area contributed by atoms with E-state index in [1.807, 2.05) is 10.8 Å². The molecule has 5 heteroatoms. The van der Waals surface area contributed by atoms with Crippen LogP contribution >= 0.6 is 11.8 Å². The summed E-state index contributed by atoms with van der Waals surface area (Å²) in [4.78, 5) is 4.29. The van der Waals surface area contributed by atoms with Crippen LogP contribution in [0.1, 0.15) is 25.3 Å². The van der Waals surface area contributed by atoms with Crippen LogP contribution in [-0.2, 0) is 0 Å². The van der Waals surface area contributed by atoms with Crippen LogP contribution in [0.2, 0.25) is 0 Å². The first-order valence-corrected chi connectivity index (χ1v) is 7.65. The number of nitrogens with zero attached hydrogens (tertiary/aromatic N) is 2. The Labute approximate surface area is 123 Å². The van der Waals surface area contributed by atoms with E-state index in [1.165, 1.54) is 17.3 Å². The molecule has 0 radical (unpaired) electrons. The molecule has 2 N–H and O–H groups in total. The van der Waals surface area contributed by atoms with E-state index >= 15 is 0 Å². The van der Waals surface area contributed by atoms with Crippen LogP contribution < -0.4 is 0 Å². The summed E-state index contributed by atoms with van der Waals surface area (Å²) >= 11 is 1.43. The second kappa shape index (κ2) is 6.92. The SMILES string of the molecule is CC(C)c1ccc(-n2ccnc2SCC(O)CO)cc1. The summed E-state index contributed by atoms with van der Waals surface area (Å²) in [6.07, 6.45) is 2.93. The molecule has 0 amide bonds. The minimum atomic E-state index is -0.714. The van der Waals surface area contributed by atoms with E-state index in [9.17, 15) is 5.11 Å². The number of hydrogen-bond donors (Lipinski definition) is 2. The number of aromatic nitrogens is 2. The van der Waals surface area contributed by atoms with Gasteiger partial charge in [-0.15, -0.1) is 0 Å². The predicted molar refractivity (Wildman–Crippen MR) is 81.5 cm³/mol. The van der Waals surface area contributed by atoms with Crippen molar-refractivity contribution in [2.45, 2.75) is 31.0 Å². The average molecular weight is 292 g/mol. The maximum Gasteiger partial charge on any atom is 0.172 e. The Bertz CT molecular complexity index is 537. The summed E-state index contributed by atoms with van der Waals surface area (Å²) in [6.45, 7) is 4.12. The Balaban J connectivity index is 2.14. The van der Waals surface area contributed by atoms with Crippen molar-refractivity contribution in [3.8, 4) is 5.69 Å². The van der Waals surface area contributed by atoms with E-state index in [4.69, 9.17) is 5.11 Å². The summed E-state index contributed by atoms with van der Waals surface area (Å²) in [5.41, 5.74) is 2.35. The molecule has 0 aliphatic rings. The van der Waals surface area contributed by atoms with Crippen LogP contribution in [0, 0.1) is 0 Å². The summed E-state index contributed by atoms with van der Waals surface area (Å²) < 4.78 is 1.98. The highest BCUT2D eigenvalue weighted by Crippen LogP contribution is 2.22. The highest BCUT2D eigenvalue weighted by molar-refractivity contribution is 7.99. The van der Waals surface area contributed by atoms with Gasteiger partial charge in [-0.05, 0) is 23.6 Å². The second-order valence-corrected chi connectivity index (χ2v) is 5.96. The minimum Gasteiger partial charge on any atom is -0.394 e. The van der Waals surface area contributed by atoms with Crippen molar-refractivity contribution in [3.63, 3.8) is 0 Å². The smallest absolute Gasteiger partial charge is 0.172 e. The first-order chi connectivity index (χ1) is 9.61. The third-order valence-corrected chi connectivity index (χ3v) is 4.17. The lowest BCUT2D eigenvalue weighted by Gasteiger charge is -2.11. The molecule has 0 saturated heterocycles. The van der Waals surface area contributed by atoms with Gasteiger partial charge < -0.3 is 10.2 Å². The number of aliphatic hydroxyl groups excluding tert-OH is 2. The van der Waals surface area contributed by atoms with Crippen LogP contribution in [0.25, 0.3) is 5.69 Å². The van der Waals surface area contributed by atoms with E-state index in [-0.39, 0.29) is 6.61 Å². The maximum absolute atomic E-state index is 9.41. The van der Waals surface area contributed by atoms with Gasteiger partial charge in [0.15, 0.2) is 5.16 Å². The summed E-state index contributed by atoms with van der Waals surface area (Å²) in [5.74, 6) is 0.942. The van der Waals surface area contributed by atoms with Gasteiger partial charge >= 0.3 is 0 Å². The third kappa shape index (κ3) is 3.62. The highest BCUT2D eigenvalue weighted by Gasteiger charge is 2.09. The molecular formula is C15H20N2O2S. The van der Waals surface area contributed by atoms with Crippen molar-refractivity contribution in [1.82, 2.24) is 9.55 Å². The molecule has 1 atom stereocenters. The van der Waals surface area contributed by atoms with Crippen molar-refractivity contribution in [2.75, 3.05) is 12.4 Å². The van der Waals surface area contributed by atoms with E-state index in [1.54, 1.807) is 6.20 Å². The standard InChI is InChI=1S/C15H20N2O2S/c1-11(2)12-3-5-13(6-4-12)17-8-7-16-15(17)20-10-14(19)9-18/h3-8,11,14,18-19H,9-10H2,1-2H3. The van der Waals surface area contributed by atoms with Crippen molar-refractivity contribution in [2.24, 2.45) is 0 Å². The lowest BCUT2D eigenvalue weighted by Crippen LogP contribution is -2.15. The zero-order chi connectivity index (χ0) is 14.5. The molecule has 0 spiro atoms. The van der Waals surface area contributed by atoms with Gasteiger partial charge in [0.1, 0.15) is 0 Å². The van der Waals surface area contributed by atoms with Gasteiger partial charge in [-0.2, -0.15) is 0 Å². The lowest BCUT2D eigenvalue weighted by atomic mass is 10.0. The molecule has 2 rings (SSSR count). The molecule has 2 aromatic rings. The fourth-order valence-electron chi connectivity index (χ4n) is 1.84. The van der Waals surface area contributed by atoms with Gasteiger partial charge in [0.25, 0.3) is 0 Å². The van der Waals surface area contributed by atoms with E-state index < -0.39 is 6.10 Å². The highest BCUT2D eigenvalue weighted by atomic mass is 32.2. The van der Waals surface area contributed by atoms with Crippen LogP contribution in [0.4, 0.5) is 0 Å². The molecule has 1 unspecified atom stereocenters. The Kier molecular flexibility index (Phi) is 5.23. The van der Waals surface area contributed by atoms with Crippen molar-refractivity contribution in [1.29, 1.82) is 0 Å². The zero-order valence-corrected chi connectivity index (χ0v) is 12.5. The van der Waals surface area contributed by atoms with Gasteiger partial charge in [-0.1, -0.05) is 37.7 Å². The summed E-state index contributed by atoms with van der Waals surface area (Å²) in [6, 6.07) is 8.39. The van der Waals surface area contributed by atoms with Gasteiger partial charge in [0.2, 0.25) is 0 Å². The molecule has 1 heterocycles. The predicted octanol–water partition coefficient (Wildman–Crippen LogP) is 2.44. The average Bonchev–Trinajstić information content (AvgIpc) is 2.93. The van der Waals surface area contributed by atoms with E-state index in [0.717, 1.165) is 10.8 Å².